The summed E-state index contributed by atoms with van der Waals surface area (Å²) in [5.41, 5.74) is 0. The van der Waals surface area contributed by atoms with Crippen molar-refractivity contribution >= 4 is 12.0 Å². The first-order valence-electron chi connectivity index (χ1n) is 8.07. The SMILES string of the molecule is CC[C@@H]1[C@@H]2C[C@H](C[C@@H]2C)N1C(=O)[C@@H](NC(=O)OC)C(C)C. The molecule has 5 atom stereocenters. The zero-order valence-electron chi connectivity index (χ0n) is 13.8. The fourth-order valence-electron chi connectivity index (χ4n) is 4.19. The number of amides is 2. The molecule has 0 spiro atoms. The van der Waals surface area contributed by atoms with Crippen LogP contribution in [-0.2, 0) is 9.53 Å². The third kappa shape index (κ3) is 2.87. The van der Waals surface area contributed by atoms with Crippen molar-refractivity contribution in [2.24, 2.45) is 17.8 Å². The lowest BCUT2D eigenvalue weighted by Gasteiger charge is -2.40. The van der Waals surface area contributed by atoms with Gasteiger partial charge in [0, 0.05) is 12.1 Å². The summed E-state index contributed by atoms with van der Waals surface area (Å²) in [7, 11) is 1.32. The average Bonchev–Trinajstić information content (AvgIpc) is 2.99. The predicted octanol–water partition coefficient (Wildman–Crippen LogP) is 2.40. The van der Waals surface area contributed by atoms with Gasteiger partial charge in [-0.05, 0) is 37.0 Å². The molecule has 120 valence electrons. The normalized spacial score (nSPS) is 32.4. The Hall–Kier alpha value is -1.26. The molecule has 0 radical (unpaired) electrons. The summed E-state index contributed by atoms with van der Waals surface area (Å²) in [4.78, 5) is 26.5. The van der Waals surface area contributed by atoms with Crippen LogP contribution in [0.4, 0.5) is 4.79 Å². The van der Waals surface area contributed by atoms with Gasteiger partial charge in [-0.15, -0.1) is 0 Å². The summed E-state index contributed by atoms with van der Waals surface area (Å²) in [6.07, 6.45) is 2.66. The van der Waals surface area contributed by atoms with Crippen molar-refractivity contribution < 1.29 is 14.3 Å². The van der Waals surface area contributed by atoms with Gasteiger partial charge in [0.15, 0.2) is 0 Å². The zero-order chi connectivity index (χ0) is 15.7. The molecule has 1 saturated heterocycles. The Morgan fingerprint density at radius 3 is 2.52 bits per heavy atom. The highest BCUT2D eigenvalue weighted by molar-refractivity contribution is 5.86. The molecule has 5 nitrogen and oxygen atoms in total. The molecular formula is C16H28N2O3. The Balaban J connectivity index is 2.15. The summed E-state index contributed by atoms with van der Waals surface area (Å²) in [6, 6.07) is 0.177. The zero-order valence-corrected chi connectivity index (χ0v) is 13.8. The van der Waals surface area contributed by atoms with E-state index in [4.69, 9.17) is 0 Å². The fourth-order valence-corrected chi connectivity index (χ4v) is 4.19. The van der Waals surface area contributed by atoms with Crippen LogP contribution in [0.3, 0.4) is 0 Å². The van der Waals surface area contributed by atoms with Gasteiger partial charge in [-0.1, -0.05) is 27.7 Å². The van der Waals surface area contributed by atoms with Crippen molar-refractivity contribution in [3.05, 3.63) is 0 Å². The van der Waals surface area contributed by atoms with Crippen LogP contribution in [0.2, 0.25) is 0 Å². The molecule has 0 aromatic rings. The van der Waals surface area contributed by atoms with Gasteiger partial charge in [0.1, 0.15) is 6.04 Å². The number of alkyl carbamates (subject to hydrolysis) is 1. The van der Waals surface area contributed by atoms with Gasteiger partial charge in [0.2, 0.25) is 5.91 Å². The van der Waals surface area contributed by atoms with E-state index in [2.05, 4.69) is 28.8 Å². The summed E-state index contributed by atoms with van der Waals surface area (Å²) in [5.74, 6) is 1.43. The maximum absolute atomic E-state index is 13.0. The Bertz CT molecular complexity index is 410. The van der Waals surface area contributed by atoms with Crippen LogP contribution in [0.5, 0.6) is 0 Å². The number of carbonyl (C=O) groups is 2. The highest BCUT2D eigenvalue weighted by atomic mass is 16.5. The Labute approximate surface area is 127 Å². The average molecular weight is 296 g/mol. The van der Waals surface area contributed by atoms with Gasteiger partial charge >= 0.3 is 6.09 Å². The molecule has 2 rings (SSSR count). The molecule has 2 amide bonds. The van der Waals surface area contributed by atoms with Crippen LogP contribution < -0.4 is 5.32 Å². The third-order valence-corrected chi connectivity index (χ3v) is 5.23. The first kappa shape index (κ1) is 16.1. The number of fused-ring (bicyclic) bond motifs is 2. The largest absolute Gasteiger partial charge is 0.453 e. The molecule has 1 N–H and O–H groups in total. The van der Waals surface area contributed by atoms with Crippen LogP contribution in [-0.4, -0.2) is 42.1 Å². The lowest BCUT2D eigenvalue weighted by Crippen LogP contribution is -2.56. The molecule has 0 unspecified atom stereocenters. The fraction of sp³-hybridized carbons (Fsp3) is 0.875. The van der Waals surface area contributed by atoms with Crippen molar-refractivity contribution in [1.82, 2.24) is 10.2 Å². The van der Waals surface area contributed by atoms with E-state index in [1.165, 1.54) is 7.11 Å². The van der Waals surface area contributed by atoms with E-state index < -0.39 is 12.1 Å². The highest BCUT2D eigenvalue weighted by Crippen LogP contribution is 2.47. The summed E-state index contributed by atoms with van der Waals surface area (Å²) >= 11 is 0. The molecule has 1 aliphatic carbocycles. The van der Waals surface area contributed by atoms with Crippen molar-refractivity contribution in [2.75, 3.05) is 7.11 Å². The number of piperidine rings is 1. The topological polar surface area (TPSA) is 58.6 Å². The van der Waals surface area contributed by atoms with Crippen LogP contribution in [0.15, 0.2) is 0 Å². The second kappa shape index (κ2) is 6.24. The molecule has 2 fully saturated rings. The van der Waals surface area contributed by atoms with Crippen LogP contribution >= 0.6 is 0 Å². The molecule has 2 aliphatic rings. The van der Waals surface area contributed by atoms with Crippen molar-refractivity contribution in [1.29, 1.82) is 0 Å². The Morgan fingerprint density at radius 2 is 2.00 bits per heavy atom. The summed E-state index contributed by atoms with van der Waals surface area (Å²) in [6.45, 7) is 8.35. The molecule has 2 bridgehead atoms. The number of hydrogen-bond acceptors (Lipinski definition) is 3. The number of carbonyl (C=O) groups excluding carboxylic acids is 2. The lowest BCUT2D eigenvalue weighted by atomic mass is 9.87. The van der Waals surface area contributed by atoms with Crippen LogP contribution in [0, 0.1) is 17.8 Å². The number of methoxy groups -OCH3 is 1. The van der Waals surface area contributed by atoms with E-state index in [0.29, 0.717) is 23.9 Å². The van der Waals surface area contributed by atoms with Gasteiger partial charge in [0.05, 0.1) is 7.11 Å². The number of rotatable bonds is 4. The molecule has 5 heteroatoms. The first-order chi connectivity index (χ1) is 9.90. The smallest absolute Gasteiger partial charge is 0.407 e. The number of nitrogens with zero attached hydrogens (tertiary/aromatic N) is 1. The van der Waals surface area contributed by atoms with E-state index in [1.807, 2.05) is 13.8 Å². The highest BCUT2D eigenvalue weighted by Gasteiger charge is 2.51. The lowest BCUT2D eigenvalue weighted by molar-refractivity contribution is -0.139. The number of ether oxygens (including phenoxy) is 1. The Kier molecular flexibility index (Phi) is 4.79. The molecule has 1 saturated carbocycles. The van der Waals surface area contributed by atoms with E-state index in [-0.39, 0.29) is 11.8 Å². The van der Waals surface area contributed by atoms with Crippen LogP contribution in [0.1, 0.15) is 47.0 Å². The van der Waals surface area contributed by atoms with Crippen molar-refractivity contribution in [2.45, 2.75) is 65.1 Å². The Morgan fingerprint density at radius 1 is 1.33 bits per heavy atom. The van der Waals surface area contributed by atoms with E-state index in [1.54, 1.807) is 0 Å². The number of nitrogens with one attached hydrogen (secondary N) is 1. The molecule has 0 aromatic carbocycles. The molecule has 21 heavy (non-hydrogen) atoms. The number of hydrogen-bond donors (Lipinski definition) is 1. The third-order valence-electron chi connectivity index (χ3n) is 5.23. The maximum Gasteiger partial charge on any atom is 0.407 e. The van der Waals surface area contributed by atoms with E-state index in [9.17, 15) is 9.59 Å². The van der Waals surface area contributed by atoms with E-state index in [0.717, 1.165) is 19.3 Å². The van der Waals surface area contributed by atoms with Crippen LogP contribution in [0.25, 0.3) is 0 Å². The predicted molar refractivity (Wildman–Crippen MR) is 80.8 cm³/mol. The van der Waals surface area contributed by atoms with Gasteiger partial charge in [-0.25, -0.2) is 4.79 Å². The molecule has 1 aliphatic heterocycles. The van der Waals surface area contributed by atoms with Gasteiger partial charge < -0.3 is 15.0 Å². The molecule has 1 heterocycles. The molecule has 0 aromatic heterocycles. The second-order valence-corrected chi connectivity index (χ2v) is 6.85. The monoisotopic (exact) mass is 296 g/mol. The minimum Gasteiger partial charge on any atom is -0.453 e. The van der Waals surface area contributed by atoms with E-state index >= 15 is 0 Å². The van der Waals surface area contributed by atoms with Gasteiger partial charge in [-0.2, -0.15) is 0 Å². The van der Waals surface area contributed by atoms with Crippen molar-refractivity contribution in [3.63, 3.8) is 0 Å². The van der Waals surface area contributed by atoms with Gasteiger partial charge in [0.25, 0.3) is 0 Å². The van der Waals surface area contributed by atoms with Crippen molar-refractivity contribution in [3.8, 4) is 0 Å². The standard InChI is InChI=1S/C16H28N2O3/c1-6-13-12-8-11(7-10(12)4)18(13)15(19)14(9(2)3)17-16(20)21-5/h9-14H,6-8H2,1-5H3,(H,17,20)/t10-,11-,12+,13+,14-/m0/s1. The number of likely N-dealkylation sites (tertiary alicyclic amines) is 1. The summed E-state index contributed by atoms with van der Waals surface area (Å²) in [5, 5.41) is 2.71. The minimum atomic E-state index is -0.534. The molecular weight excluding hydrogens is 268 g/mol. The quantitative estimate of drug-likeness (QED) is 0.866. The summed E-state index contributed by atoms with van der Waals surface area (Å²) < 4.78 is 4.66. The second-order valence-electron chi connectivity index (χ2n) is 6.85. The first-order valence-corrected chi connectivity index (χ1v) is 8.07. The maximum atomic E-state index is 13.0. The minimum absolute atomic E-state index is 0.0469. The van der Waals surface area contributed by atoms with Gasteiger partial charge in [-0.3, -0.25) is 4.79 Å².